The van der Waals surface area contributed by atoms with E-state index in [0.29, 0.717) is 5.41 Å². The molecule has 94 valence electrons. The Kier molecular flexibility index (Phi) is 3.60. The van der Waals surface area contributed by atoms with Crippen molar-refractivity contribution in [3.63, 3.8) is 0 Å². The monoisotopic (exact) mass is 224 g/mol. The van der Waals surface area contributed by atoms with Crippen LogP contribution in [0.3, 0.4) is 0 Å². The van der Waals surface area contributed by atoms with Gasteiger partial charge in [0.2, 0.25) is 0 Å². The first-order valence-electron chi connectivity index (χ1n) is 6.84. The highest BCUT2D eigenvalue weighted by atomic mass is 15.1. The number of hydrogen-bond donors (Lipinski definition) is 1. The molecule has 2 heteroatoms. The second kappa shape index (κ2) is 4.66. The maximum absolute atomic E-state index is 3.83. The average molecular weight is 224 g/mol. The summed E-state index contributed by atoms with van der Waals surface area (Å²) in [7, 11) is 4.33. The van der Waals surface area contributed by atoms with Crippen molar-refractivity contribution in [3.05, 3.63) is 0 Å². The molecule has 3 atom stereocenters. The van der Waals surface area contributed by atoms with Gasteiger partial charge in [0.1, 0.15) is 0 Å². The van der Waals surface area contributed by atoms with Crippen molar-refractivity contribution in [3.8, 4) is 0 Å². The zero-order chi connectivity index (χ0) is 11.8. The van der Waals surface area contributed by atoms with E-state index in [9.17, 15) is 0 Å². The normalized spacial score (nSPS) is 33.9. The molecule has 1 N–H and O–H groups in total. The molecule has 0 radical (unpaired) electrons. The molecular formula is C14H28N2. The number of nitrogens with zero attached hydrogens (tertiary/aromatic N) is 1. The first-order chi connectivity index (χ1) is 7.46. The molecule has 0 aromatic carbocycles. The topological polar surface area (TPSA) is 15.3 Å². The van der Waals surface area contributed by atoms with Gasteiger partial charge < -0.3 is 10.2 Å². The molecule has 2 aliphatic rings. The molecule has 0 amide bonds. The minimum atomic E-state index is 0.394. The molecule has 0 aliphatic heterocycles. The van der Waals surface area contributed by atoms with Crippen LogP contribution < -0.4 is 5.32 Å². The molecule has 16 heavy (non-hydrogen) atoms. The molecule has 2 fully saturated rings. The number of fused-ring (bicyclic) bond motifs is 2. The molecule has 0 saturated heterocycles. The first-order valence-corrected chi connectivity index (χ1v) is 6.84. The standard InChI is InChI=1S/C14H28N2/c1-14(2,10-16(3)4)9-15-13-8-11-5-6-12(13)7-11/h11-13,15H,5-10H2,1-4H3/t11-,12-,13-/m0/s1. The van der Waals surface area contributed by atoms with Gasteiger partial charge in [0.15, 0.2) is 0 Å². The lowest BCUT2D eigenvalue weighted by molar-refractivity contribution is 0.213. The third-order valence-corrected chi connectivity index (χ3v) is 4.33. The van der Waals surface area contributed by atoms with Crippen LogP contribution in [0, 0.1) is 17.3 Å². The van der Waals surface area contributed by atoms with Crippen molar-refractivity contribution < 1.29 is 0 Å². The summed E-state index contributed by atoms with van der Waals surface area (Å²) in [6, 6.07) is 0.834. The second-order valence-corrected chi connectivity index (χ2v) is 7.06. The van der Waals surface area contributed by atoms with Crippen molar-refractivity contribution in [2.24, 2.45) is 17.3 Å². The molecular weight excluding hydrogens is 196 g/mol. The average Bonchev–Trinajstić information content (AvgIpc) is 2.73. The van der Waals surface area contributed by atoms with Gasteiger partial charge in [0.25, 0.3) is 0 Å². The predicted molar refractivity (Wildman–Crippen MR) is 69.6 cm³/mol. The van der Waals surface area contributed by atoms with E-state index in [0.717, 1.165) is 17.9 Å². The minimum absolute atomic E-state index is 0.394. The van der Waals surface area contributed by atoms with Crippen LogP contribution in [-0.4, -0.2) is 38.1 Å². The zero-order valence-corrected chi connectivity index (χ0v) is 11.4. The lowest BCUT2D eigenvalue weighted by Crippen LogP contribution is -2.43. The summed E-state index contributed by atoms with van der Waals surface area (Å²) in [5.74, 6) is 2.06. The fourth-order valence-corrected chi connectivity index (χ4v) is 3.81. The van der Waals surface area contributed by atoms with Crippen LogP contribution >= 0.6 is 0 Å². The van der Waals surface area contributed by atoms with Crippen LogP contribution in [0.25, 0.3) is 0 Å². The van der Waals surface area contributed by atoms with Crippen LogP contribution in [0.1, 0.15) is 39.5 Å². The highest BCUT2D eigenvalue weighted by molar-refractivity contribution is 4.94. The Morgan fingerprint density at radius 3 is 2.44 bits per heavy atom. The molecule has 0 spiro atoms. The van der Waals surface area contributed by atoms with Gasteiger partial charge in [-0.1, -0.05) is 20.3 Å². The van der Waals surface area contributed by atoms with Gasteiger partial charge in [-0.2, -0.15) is 0 Å². The van der Waals surface area contributed by atoms with Crippen LogP contribution in [-0.2, 0) is 0 Å². The van der Waals surface area contributed by atoms with E-state index < -0.39 is 0 Å². The predicted octanol–water partition coefficient (Wildman–Crippen LogP) is 2.35. The van der Waals surface area contributed by atoms with E-state index in [1.54, 1.807) is 0 Å². The lowest BCUT2D eigenvalue weighted by atomic mass is 9.90. The molecule has 2 saturated carbocycles. The number of hydrogen-bond acceptors (Lipinski definition) is 2. The Labute approximate surface area is 101 Å². The van der Waals surface area contributed by atoms with Gasteiger partial charge in [-0.3, -0.25) is 0 Å². The van der Waals surface area contributed by atoms with Crippen LogP contribution in [0.5, 0.6) is 0 Å². The van der Waals surface area contributed by atoms with Crippen molar-refractivity contribution in [2.75, 3.05) is 27.2 Å². The minimum Gasteiger partial charge on any atom is -0.313 e. The summed E-state index contributed by atoms with van der Waals surface area (Å²) in [5.41, 5.74) is 0.394. The summed E-state index contributed by atoms with van der Waals surface area (Å²) in [6.45, 7) is 7.07. The fraction of sp³-hybridized carbons (Fsp3) is 1.00. The largest absolute Gasteiger partial charge is 0.313 e. The Morgan fingerprint density at radius 1 is 1.19 bits per heavy atom. The fourth-order valence-electron chi connectivity index (χ4n) is 3.81. The van der Waals surface area contributed by atoms with E-state index in [2.05, 4.69) is 38.2 Å². The highest BCUT2D eigenvalue weighted by Crippen LogP contribution is 2.44. The van der Waals surface area contributed by atoms with Gasteiger partial charge in [0, 0.05) is 19.1 Å². The van der Waals surface area contributed by atoms with Crippen molar-refractivity contribution in [1.29, 1.82) is 0 Å². The summed E-state index contributed by atoms with van der Waals surface area (Å²) in [4.78, 5) is 2.29. The number of rotatable bonds is 5. The van der Waals surface area contributed by atoms with Crippen LogP contribution in [0.15, 0.2) is 0 Å². The van der Waals surface area contributed by atoms with E-state index >= 15 is 0 Å². The molecule has 2 rings (SSSR count). The Morgan fingerprint density at radius 2 is 1.94 bits per heavy atom. The van der Waals surface area contributed by atoms with E-state index in [4.69, 9.17) is 0 Å². The molecule has 2 nitrogen and oxygen atoms in total. The number of nitrogens with one attached hydrogen (secondary N) is 1. The highest BCUT2D eigenvalue weighted by Gasteiger charge is 2.39. The summed E-state index contributed by atoms with van der Waals surface area (Å²) in [5, 5.41) is 3.83. The van der Waals surface area contributed by atoms with Crippen LogP contribution in [0.2, 0.25) is 0 Å². The van der Waals surface area contributed by atoms with E-state index in [1.165, 1.54) is 38.8 Å². The van der Waals surface area contributed by atoms with Crippen molar-refractivity contribution >= 4 is 0 Å². The SMILES string of the molecule is CN(C)CC(C)(C)CN[C@H]1C[C@H]2CC[C@H]1C2. The second-order valence-electron chi connectivity index (χ2n) is 7.06. The third kappa shape index (κ3) is 2.98. The van der Waals surface area contributed by atoms with Gasteiger partial charge >= 0.3 is 0 Å². The Hall–Kier alpha value is -0.0800. The Bertz CT molecular complexity index is 235. The Balaban J connectivity index is 1.74. The van der Waals surface area contributed by atoms with Gasteiger partial charge in [-0.05, 0) is 50.6 Å². The van der Waals surface area contributed by atoms with Gasteiger partial charge in [0.05, 0.1) is 0 Å². The van der Waals surface area contributed by atoms with E-state index in [1.807, 2.05) is 0 Å². The zero-order valence-electron chi connectivity index (χ0n) is 11.4. The molecule has 2 bridgehead atoms. The summed E-state index contributed by atoms with van der Waals surface area (Å²) >= 11 is 0. The van der Waals surface area contributed by atoms with Crippen molar-refractivity contribution in [1.82, 2.24) is 10.2 Å². The molecule has 2 aliphatic carbocycles. The summed E-state index contributed by atoms with van der Waals surface area (Å²) in [6.07, 6.45) is 5.94. The maximum atomic E-state index is 3.83. The quantitative estimate of drug-likeness (QED) is 0.771. The van der Waals surface area contributed by atoms with Gasteiger partial charge in [-0.15, -0.1) is 0 Å². The molecule has 0 heterocycles. The molecule has 0 aromatic heterocycles. The van der Waals surface area contributed by atoms with Crippen LogP contribution in [0.4, 0.5) is 0 Å². The molecule has 0 aromatic rings. The summed E-state index contributed by atoms with van der Waals surface area (Å²) < 4.78 is 0. The maximum Gasteiger partial charge on any atom is 0.00983 e. The third-order valence-electron chi connectivity index (χ3n) is 4.33. The lowest BCUT2D eigenvalue weighted by Gasteiger charge is -2.32. The molecule has 0 unspecified atom stereocenters. The van der Waals surface area contributed by atoms with Crippen molar-refractivity contribution in [2.45, 2.75) is 45.6 Å². The van der Waals surface area contributed by atoms with E-state index in [-0.39, 0.29) is 0 Å². The van der Waals surface area contributed by atoms with Gasteiger partial charge in [-0.25, -0.2) is 0 Å². The first kappa shape index (κ1) is 12.4. The smallest absolute Gasteiger partial charge is 0.00983 e.